The van der Waals surface area contributed by atoms with Crippen molar-refractivity contribution < 1.29 is 0 Å². The molecule has 1 aromatic carbocycles. The Hall–Kier alpha value is -0.840. The van der Waals surface area contributed by atoms with Gasteiger partial charge in [0.05, 0.1) is 0 Å². The molecule has 0 spiro atoms. The number of hydrogen-bond acceptors (Lipinski definition) is 3. The number of anilines is 1. The van der Waals surface area contributed by atoms with E-state index in [2.05, 4.69) is 55.8 Å². The third-order valence-corrected chi connectivity index (χ3v) is 5.87. The lowest BCUT2D eigenvalue weighted by molar-refractivity contribution is 0.677. The largest absolute Gasteiger partial charge is 0.367 e. The summed E-state index contributed by atoms with van der Waals surface area (Å²) in [6, 6.07) is 9.74. The van der Waals surface area contributed by atoms with Gasteiger partial charge in [-0.15, -0.1) is 11.3 Å². The number of halogens is 1. The van der Waals surface area contributed by atoms with Gasteiger partial charge in [-0.2, -0.15) is 0 Å². The second kappa shape index (κ2) is 5.75. The summed E-state index contributed by atoms with van der Waals surface area (Å²) in [7, 11) is 0. The minimum absolute atomic E-state index is 0.756. The second-order valence-electron chi connectivity index (χ2n) is 5.97. The van der Waals surface area contributed by atoms with Crippen LogP contribution in [-0.2, 0) is 19.5 Å². The third kappa shape index (κ3) is 3.03. The standard InChI is InChI=1S/C17H19BrN2S/c18-14-2-1-12(10-19-15-3-4-15)16(9-14)20-7-5-17-13(11-20)6-8-21-17/h1-2,6,8-9,15,19H,3-5,7,10-11H2. The Morgan fingerprint density at radius 2 is 2.19 bits per heavy atom. The first-order valence-corrected chi connectivity index (χ1v) is 9.29. The van der Waals surface area contributed by atoms with E-state index in [0.717, 1.165) is 25.7 Å². The molecule has 0 radical (unpaired) electrons. The van der Waals surface area contributed by atoms with Crippen molar-refractivity contribution in [3.63, 3.8) is 0 Å². The fraction of sp³-hybridized carbons (Fsp3) is 0.412. The lowest BCUT2D eigenvalue weighted by Gasteiger charge is -2.31. The summed E-state index contributed by atoms with van der Waals surface area (Å²) in [6.45, 7) is 3.16. The molecule has 1 aromatic heterocycles. The zero-order valence-electron chi connectivity index (χ0n) is 11.9. The molecule has 2 aliphatic rings. The topological polar surface area (TPSA) is 15.3 Å². The summed E-state index contributed by atoms with van der Waals surface area (Å²) in [5, 5.41) is 5.87. The van der Waals surface area contributed by atoms with Gasteiger partial charge in [0.2, 0.25) is 0 Å². The van der Waals surface area contributed by atoms with Crippen LogP contribution < -0.4 is 10.2 Å². The number of rotatable bonds is 4. The number of thiophene rings is 1. The molecule has 21 heavy (non-hydrogen) atoms. The predicted octanol–water partition coefficient (Wildman–Crippen LogP) is 4.33. The number of fused-ring (bicyclic) bond motifs is 1. The summed E-state index contributed by atoms with van der Waals surface area (Å²) in [5.74, 6) is 0. The van der Waals surface area contributed by atoms with Crippen molar-refractivity contribution in [2.24, 2.45) is 0 Å². The molecule has 4 heteroatoms. The maximum absolute atomic E-state index is 3.65. The van der Waals surface area contributed by atoms with Gasteiger partial charge in [0.15, 0.2) is 0 Å². The molecule has 0 amide bonds. The lowest BCUT2D eigenvalue weighted by atomic mass is 10.1. The van der Waals surface area contributed by atoms with Gasteiger partial charge in [-0.25, -0.2) is 0 Å². The molecule has 4 rings (SSSR count). The van der Waals surface area contributed by atoms with Crippen LogP contribution in [0.5, 0.6) is 0 Å². The molecule has 1 fully saturated rings. The van der Waals surface area contributed by atoms with Gasteiger partial charge in [-0.05, 0) is 54.0 Å². The Kier molecular flexibility index (Phi) is 3.78. The molecule has 1 aliphatic heterocycles. The molecule has 0 atom stereocenters. The minimum Gasteiger partial charge on any atom is -0.367 e. The van der Waals surface area contributed by atoms with Crippen LogP contribution in [0.1, 0.15) is 28.8 Å². The maximum atomic E-state index is 3.65. The van der Waals surface area contributed by atoms with Gasteiger partial charge in [0.25, 0.3) is 0 Å². The Bertz CT molecular complexity index is 648. The molecule has 2 nitrogen and oxygen atoms in total. The Labute approximate surface area is 138 Å². The average Bonchev–Trinajstić information content (AvgIpc) is 3.21. The smallest absolute Gasteiger partial charge is 0.0440 e. The number of nitrogens with zero attached hydrogens (tertiary/aromatic N) is 1. The van der Waals surface area contributed by atoms with Crippen LogP contribution >= 0.6 is 27.3 Å². The summed E-state index contributed by atoms with van der Waals surface area (Å²) in [4.78, 5) is 4.10. The Morgan fingerprint density at radius 1 is 1.29 bits per heavy atom. The first-order chi connectivity index (χ1) is 10.3. The van der Waals surface area contributed by atoms with Gasteiger partial charge in [0.1, 0.15) is 0 Å². The highest BCUT2D eigenvalue weighted by atomic mass is 79.9. The molecular weight excluding hydrogens is 344 g/mol. The predicted molar refractivity (Wildman–Crippen MR) is 93.1 cm³/mol. The highest BCUT2D eigenvalue weighted by Crippen LogP contribution is 2.32. The van der Waals surface area contributed by atoms with E-state index >= 15 is 0 Å². The fourth-order valence-corrected chi connectivity index (χ4v) is 4.22. The van der Waals surface area contributed by atoms with E-state index in [1.165, 1.54) is 40.5 Å². The van der Waals surface area contributed by atoms with Gasteiger partial charge < -0.3 is 10.2 Å². The molecule has 0 saturated heterocycles. The number of nitrogens with one attached hydrogen (secondary N) is 1. The van der Waals surface area contributed by atoms with Gasteiger partial charge >= 0.3 is 0 Å². The molecule has 2 aromatic rings. The molecule has 0 bridgehead atoms. The molecular formula is C17H19BrN2S. The zero-order chi connectivity index (χ0) is 14.2. The highest BCUT2D eigenvalue weighted by Gasteiger charge is 2.23. The van der Waals surface area contributed by atoms with Crippen molar-refractivity contribution in [2.75, 3.05) is 11.4 Å². The molecule has 2 heterocycles. The fourth-order valence-electron chi connectivity index (χ4n) is 2.98. The Morgan fingerprint density at radius 3 is 3.05 bits per heavy atom. The zero-order valence-corrected chi connectivity index (χ0v) is 14.3. The van der Waals surface area contributed by atoms with Crippen LogP contribution in [0.15, 0.2) is 34.1 Å². The van der Waals surface area contributed by atoms with Crippen LogP contribution in [0, 0.1) is 0 Å². The van der Waals surface area contributed by atoms with Crippen LogP contribution in [0.3, 0.4) is 0 Å². The summed E-state index contributed by atoms with van der Waals surface area (Å²) >= 11 is 5.54. The van der Waals surface area contributed by atoms with Crippen molar-refractivity contribution >= 4 is 33.0 Å². The van der Waals surface area contributed by atoms with E-state index < -0.39 is 0 Å². The monoisotopic (exact) mass is 362 g/mol. The van der Waals surface area contributed by atoms with Crippen molar-refractivity contribution in [1.29, 1.82) is 0 Å². The molecule has 1 N–H and O–H groups in total. The van der Waals surface area contributed by atoms with Crippen molar-refractivity contribution in [1.82, 2.24) is 5.32 Å². The maximum Gasteiger partial charge on any atom is 0.0440 e. The first-order valence-electron chi connectivity index (χ1n) is 7.61. The second-order valence-corrected chi connectivity index (χ2v) is 7.89. The van der Waals surface area contributed by atoms with E-state index in [1.807, 2.05) is 11.3 Å². The van der Waals surface area contributed by atoms with E-state index in [9.17, 15) is 0 Å². The Balaban J connectivity index is 1.59. The van der Waals surface area contributed by atoms with Gasteiger partial charge in [0, 0.05) is 40.7 Å². The summed E-state index contributed by atoms with van der Waals surface area (Å²) < 4.78 is 1.17. The minimum atomic E-state index is 0.756. The van der Waals surface area contributed by atoms with Crippen LogP contribution in [0.25, 0.3) is 0 Å². The molecule has 1 saturated carbocycles. The van der Waals surface area contributed by atoms with Gasteiger partial charge in [-0.1, -0.05) is 22.0 Å². The van der Waals surface area contributed by atoms with E-state index in [-0.39, 0.29) is 0 Å². The summed E-state index contributed by atoms with van der Waals surface area (Å²) in [5.41, 5.74) is 4.31. The molecule has 0 unspecified atom stereocenters. The lowest BCUT2D eigenvalue weighted by Crippen LogP contribution is -2.31. The molecule has 110 valence electrons. The number of benzene rings is 1. The normalized spacial score (nSPS) is 17.9. The van der Waals surface area contributed by atoms with E-state index in [0.29, 0.717) is 0 Å². The first kappa shape index (κ1) is 13.8. The van der Waals surface area contributed by atoms with Crippen LogP contribution in [0.2, 0.25) is 0 Å². The SMILES string of the molecule is Brc1ccc(CNC2CC2)c(N2CCc3sccc3C2)c1. The quantitative estimate of drug-likeness (QED) is 0.870. The molecule has 1 aliphatic carbocycles. The van der Waals surface area contributed by atoms with Crippen LogP contribution in [-0.4, -0.2) is 12.6 Å². The summed E-state index contributed by atoms with van der Waals surface area (Å²) in [6.07, 6.45) is 3.86. The van der Waals surface area contributed by atoms with Gasteiger partial charge in [-0.3, -0.25) is 0 Å². The van der Waals surface area contributed by atoms with Crippen molar-refractivity contribution in [2.45, 2.75) is 38.4 Å². The highest BCUT2D eigenvalue weighted by molar-refractivity contribution is 9.10. The van der Waals surface area contributed by atoms with Crippen molar-refractivity contribution in [3.05, 3.63) is 50.1 Å². The van der Waals surface area contributed by atoms with Crippen LogP contribution in [0.4, 0.5) is 5.69 Å². The van der Waals surface area contributed by atoms with E-state index in [1.54, 1.807) is 4.88 Å². The average molecular weight is 363 g/mol. The van der Waals surface area contributed by atoms with E-state index in [4.69, 9.17) is 0 Å². The third-order valence-electron chi connectivity index (χ3n) is 4.35. The number of hydrogen-bond donors (Lipinski definition) is 1. The van der Waals surface area contributed by atoms with Crippen molar-refractivity contribution in [3.8, 4) is 0 Å².